The molecule has 0 amide bonds. The van der Waals surface area contributed by atoms with Crippen LogP contribution in [-0.2, 0) is 0 Å². The molecule has 6 aromatic carbocycles. The summed E-state index contributed by atoms with van der Waals surface area (Å²) in [5.74, 6) is 0. The fourth-order valence-corrected chi connectivity index (χ4v) is 8.38. The highest BCUT2D eigenvalue weighted by atomic mass is 15.0. The number of fused-ring (bicyclic) bond motifs is 6. The lowest BCUT2D eigenvalue weighted by Crippen LogP contribution is -1.95. The van der Waals surface area contributed by atoms with Crippen LogP contribution in [0.3, 0.4) is 0 Å². The average Bonchev–Trinajstić information content (AvgIpc) is 3.80. The monoisotopic (exact) mass is 715 g/mol. The zero-order chi connectivity index (χ0) is 37.0. The van der Waals surface area contributed by atoms with Crippen molar-refractivity contribution < 1.29 is 0 Å². The molecule has 0 unspecified atom stereocenters. The van der Waals surface area contributed by atoms with E-state index in [1.54, 1.807) is 0 Å². The van der Waals surface area contributed by atoms with E-state index in [-0.39, 0.29) is 0 Å². The first-order chi connectivity index (χ1) is 27.8. The molecule has 11 aromatic rings. The quantitative estimate of drug-likeness (QED) is 0.172. The third kappa shape index (κ3) is 5.21. The fraction of sp³-hybridized carbons (Fsp3) is 0. The van der Waals surface area contributed by atoms with Crippen molar-refractivity contribution in [1.29, 1.82) is 0 Å². The van der Waals surface area contributed by atoms with Gasteiger partial charge in [-0.25, -0.2) is 0 Å². The molecular weight excluding hydrogens is 683 g/mol. The lowest BCUT2D eigenvalue weighted by atomic mass is 9.96. The molecule has 0 aliphatic carbocycles. The van der Waals surface area contributed by atoms with Gasteiger partial charge in [0.2, 0.25) is 0 Å². The first-order valence-electron chi connectivity index (χ1n) is 18.8. The van der Waals surface area contributed by atoms with Crippen LogP contribution in [0.5, 0.6) is 0 Å². The third-order valence-electron chi connectivity index (χ3n) is 10.8. The maximum absolute atomic E-state index is 4.89. The molecule has 11 rings (SSSR count). The molecular formula is C51H33N5. The van der Waals surface area contributed by atoms with E-state index in [0.29, 0.717) is 0 Å². The Labute approximate surface area is 323 Å². The third-order valence-corrected chi connectivity index (χ3v) is 10.8. The second-order valence-corrected chi connectivity index (χ2v) is 14.1. The van der Waals surface area contributed by atoms with E-state index in [9.17, 15) is 0 Å². The van der Waals surface area contributed by atoms with Crippen molar-refractivity contribution in [3.8, 4) is 56.1 Å². The van der Waals surface area contributed by atoms with Gasteiger partial charge >= 0.3 is 0 Å². The zero-order valence-electron chi connectivity index (χ0n) is 30.3. The minimum absolute atomic E-state index is 0.927. The molecule has 0 aliphatic rings. The SMILES string of the molecule is c1ccc(-n2c3ccc(-c4cccc5c4c4ccccc4n5-c4cccc(-c5cc(-c6ccccn6)cc(-c6ccccn6)c5)c4)cc3c3ncccc32)cc1. The van der Waals surface area contributed by atoms with Crippen LogP contribution in [0, 0.1) is 0 Å². The molecule has 0 N–H and O–H groups in total. The van der Waals surface area contributed by atoms with Gasteiger partial charge in [0, 0.05) is 57.3 Å². The van der Waals surface area contributed by atoms with E-state index < -0.39 is 0 Å². The Balaban J connectivity index is 1.09. The van der Waals surface area contributed by atoms with Crippen molar-refractivity contribution in [3.05, 3.63) is 201 Å². The number of nitrogens with zero attached hydrogens (tertiary/aromatic N) is 5. The van der Waals surface area contributed by atoms with Gasteiger partial charge in [-0.05, 0) is 125 Å². The van der Waals surface area contributed by atoms with Crippen LogP contribution in [0.1, 0.15) is 0 Å². The topological polar surface area (TPSA) is 48.5 Å². The smallest absolute Gasteiger partial charge is 0.0963 e. The first kappa shape index (κ1) is 31.9. The summed E-state index contributed by atoms with van der Waals surface area (Å²) in [5.41, 5.74) is 16.3. The summed E-state index contributed by atoms with van der Waals surface area (Å²) in [6.45, 7) is 0. The van der Waals surface area contributed by atoms with E-state index in [1.807, 2.05) is 48.9 Å². The summed E-state index contributed by atoms with van der Waals surface area (Å²) < 4.78 is 4.72. The molecule has 0 spiro atoms. The standard InChI is InChI=1S/C51H33N5/c1-2-14-39(15-3-1)55-47-25-24-35(33-43(47)51-49(55)23-12-28-54-51)41-18-11-22-48-50(41)42-17-4-5-21-46(42)56(48)40-16-10-13-34(32-40)36-29-37(44-19-6-8-26-52-44)31-38(30-36)45-20-7-9-27-53-45/h1-33H. The predicted molar refractivity (Wildman–Crippen MR) is 230 cm³/mol. The highest BCUT2D eigenvalue weighted by Crippen LogP contribution is 2.41. The van der Waals surface area contributed by atoms with E-state index in [2.05, 4.69) is 161 Å². The normalized spacial score (nSPS) is 11.6. The average molecular weight is 716 g/mol. The lowest BCUT2D eigenvalue weighted by molar-refractivity contribution is 1.18. The Bertz CT molecular complexity index is 3180. The second kappa shape index (κ2) is 13.0. The number of aromatic nitrogens is 5. The minimum atomic E-state index is 0.927. The number of rotatable bonds is 6. The molecule has 262 valence electrons. The van der Waals surface area contributed by atoms with E-state index in [1.165, 1.54) is 16.3 Å². The van der Waals surface area contributed by atoms with Gasteiger partial charge in [-0.1, -0.05) is 78.9 Å². The highest BCUT2D eigenvalue weighted by molar-refractivity contribution is 6.17. The number of benzene rings is 6. The molecule has 0 bridgehead atoms. The van der Waals surface area contributed by atoms with Gasteiger partial charge in [-0.2, -0.15) is 0 Å². The minimum Gasteiger partial charge on any atom is -0.309 e. The number of para-hydroxylation sites is 2. The summed E-state index contributed by atoms with van der Waals surface area (Å²) in [6.07, 6.45) is 5.58. The van der Waals surface area contributed by atoms with Gasteiger partial charge in [0.25, 0.3) is 0 Å². The molecule has 0 radical (unpaired) electrons. The largest absolute Gasteiger partial charge is 0.309 e. The molecule has 0 fully saturated rings. The van der Waals surface area contributed by atoms with Crippen molar-refractivity contribution in [3.63, 3.8) is 0 Å². The van der Waals surface area contributed by atoms with Crippen LogP contribution in [0.25, 0.3) is 99.9 Å². The van der Waals surface area contributed by atoms with E-state index >= 15 is 0 Å². The van der Waals surface area contributed by atoms with Crippen molar-refractivity contribution in [2.45, 2.75) is 0 Å². The maximum Gasteiger partial charge on any atom is 0.0963 e. The van der Waals surface area contributed by atoms with Gasteiger partial charge in [-0.3, -0.25) is 15.0 Å². The van der Waals surface area contributed by atoms with Gasteiger partial charge < -0.3 is 9.13 Å². The van der Waals surface area contributed by atoms with Crippen LogP contribution in [0.2, 0.25) is 0 Å². The molecule has 0 atom stereocenters. The summed E-state index contributed by atoms with van der Waals surface area (Å²) in [5, 5.41) is 3.57. The van der Waals surface area contributed by atoms with Crippen molar-refractivity contribution in [1.82, 2.24) is 24.1 Å². The van der Waals surface area contributed by atoms with Crippen LogP contribution in [-0.4, -0.2) is 24.1 Å². The second-order valence-electron chi connectivity index (χ2n) is 14.1. The summed E-state index contributed by atoms with van der Waals surface area (Å²) in [7, 11) is 0. The summed E-state index contributed by atoms with van der Waals surface area (Å²) >= 11 is 0. The molecule has 5 nitrogen and oxygen atoms in total. The molecule has 0 saturated heterocycles. The molecule has 5 heteroatoms. The van der Waals surface area contributed by atoms with Gasteiger partial charge in [-0.15, -0.1) is 0 Å². The Morgan fingerprint density at radius 1 is 0.321 bits per heavy atom. The van der Waals surface area contributed by atoms with E-state index in [4.69, 9.17) is 15.0 Å². The van der Waals surface area contributed by atoms with Gasteiger partial charge in [0.15, 0.2) is 0 Å². The van der Waals surface area contributed by atoms with Crippen molar-refractivity contribution in [2.24, 2.45) is 0 Å². The Hall–Kier alpha value is -7.63. The summed E-state index contributed by atoms with van der Waals surface area (Å²) in [4.78, 5) is 14.3. The first-order valence-corrected chi connectivity index (χ1v) is 18.8. The Kier molecular flexibility index (Phi) is 7.42. The van der Waals surface area contributed by atoms with Crippen LogP contribution >= 0.6 is 0 Å². The van der Waals surface area contributed by atoms with E-state index in [0.717, 1.165) is 83.5 Å². The van der Waals surface area contributed by atoms with Crippen molar-refractivity contribution in [2.75, 3.05) is 0 Å². The van der Waals surface area contributed by atoms with Gasteiger partial charge in [0.1, 0.15) is 0 Å². The number of hydrogen-bond acceptors (Lipinski definition) is 3. The lowest BCUT2D eigenvalue weighted by Gasteiger charge is -2.13. The predicted octanol–water partition coefficient (Wildman–Crippen LogP) is 12.7. The molecule has 5 aromatic heterocycles. The molecule has 0 saturated carbocycles. The van der Waals surface area contributed by atoms with Crippen LogP contribution in [0.15, 0.2) is 201 Å². The zero-order valence-corrected chi connectivity index (χ0v) is 30.3. The van der Waals surface area contributed by atoms with Gasteiger partial charge in [0.05, 0.1) is 39.0 Å². The van der Waals surface area contributed by atoms with Crippen molar-refractivity contribution >= 4 is 43.7 Å². The molecule has 56 heavy (non-hydrogen) atoms. The highest BCUT2D eigenvalue weighted by Gasteiger charge is 2.19. The maximum atomic E-state index is 4.89. The van der Waals surface area contributed by atoms with Crippen LogP contribution < -0.4 is 0 Å². The number of pyridine rings is 3. The Morgan fingerprint density at radius 2 is 0.946 bits per heavy atom. The van der Waals surface area contributed by atoms with Crippen LogP contribution in [0.4, 0.5) is 0 Å². The molecule has 0 aliphatic heterocycles. The Morgan fingerprint density at radius 3 is 1.73 bits per heavy atom. The number of hydrogen-bond donors (Lipinski definition) is 0. The fourth-order valence-electron chi connectivity index (χ4n) is 8.38. The summed E-state index contributed by atoms with van der Waals surface area (Å²) in [6, 6.07) is 64.6. The molecule has 5 heterocycles.